The summed E-state index contributed by atoms with van der Waals surface area (Å²) < 4.78 is 33.4. The van der Waals surface area contributed by atoms with Gasteiger partial charge in [0.25, 0.3) is 0 Å². The minimum Gasteiger partial charge on any atom is -0.484 e. The number of nitrogens with two attached hydrogens (primary N) is 1. The molecule has 0 aliphatic heterocycles. The van der Waals surface area contributed by atoms with E-state index in [2.05, 4.69) is 23.7 Å². The van der Waals surface area contributed by atoms with Gasteiger partial charge in [-0.15, -0.1) is 0 Å². The van der Waals surface area contributed by atoms with Crippen LogP contribution >= 0.6 is 0 Å². The van der Waals surface area contributed by atoms with Crippen LogP contribution in [0, 0.1) is 18.6 Å². The van der Waals surface area contributed by atoms with Crippen molar-refractivity contribution in [3.63, 3.8) is 0 Å². The van der Waals surface area contributed by atoms with Crippen LogP contribution in [0.15, 0.2) is 24.3 Å². The number of rotatable bonds is 8. The molecule has 0 aliphatic carbocycles. The van der Waals surface area contributed by atoms with Gasteiger partial charge in [0.2, 0.25) is 5.82 Å². The average molecular weight is 349 g/mol. The molecule has 1 aromatic carbocycles. The van der Waals surface area contributed by atoms with Crippen molar-refractivity contribution in [2.45, 2.75) is 33.8 Å². The van der Waals surface area contributed by atoms with E-state index in [0.29, 0.717) is 23.5 Å². The minimum absolute atomic E-state index is 0.0295. The van der Waals surface area contributed by atoms with Gasteiger partial charge in [-0.25, -0.2) is 9.37 Å². The Morgan fingerprint density at radius 3 is 2.48 bits per heavy atom. The average Bonchev–Trinajstić information content (AvgIpc) is 2.56. The molecule has 1 heterocycles. The van der Waals surface area contributed by atoms with Gasteiger partial charge < -0.3 is 15.4 Å². The molecule has 0 amide bonds. The van der Waals surface area contributed by atoms with Crippen LogP contribution in [0.4, 0.5) is 14.6 Å². The summed E-state index contributed by atoms with van der Waals surface area (Å²) in [7, 11) is 0. The number of nitrogens with zero attached hydrogens (tertiary/aromatic N) is 2. The van der Waals surface area contributed by atoms with Crippen molar-refractivity contribution in [1.29, 1.82) is 0 Å². The molecule has 0 spiro atoms. The molecule has 136 valence electrons. The van der Waals surface area contributed by atoms with E-state index < -0.39 is 11.6 Å². The Labute approximate surface area is 147 Å². The number of halogens is 2. The van der Waals surface area contributed by atoms with Gasteiger partial charge in [-0.2, -0.15) is 4.39 Å². The van der Waals surface area contributed by atoms with Crippen LogP contribution in [-0.4, -0.2) is 29.5 Å². The molecule has 0 saturated carbocycles. The number of likely N-dealkylation sites (N-methyl/N-ethyl adjacent to an activating group) is 1. The number of hydrogen-bond acceptors (Lipinski definition) is 4. The van der Waals surface area contributed by atoms with Crippen LogP contribution in [0.2, 0.25) is 0 Å². The smallest absolute Gasteiger partial charge is 0.200 e. The maximum Gasteiger partial charge on any atom is 0.200 e. The molecule has 2 rings (SSSR count). The summed E-state index contributed by atoms with van der Waals surface area (Å²) >= 11 is 0. The fourth-order valence-corrected chi connectivity index (χ4v) is 2.69. The molecule has 0 saturated heterocycles. The topological polar surface area (TPSA) is 51.4 Å². The highest BCUT2D eigenvalue weighted by molar-refractivity contribution is 5.35. The van der Waals surface area contributed by atoms with Gasteiger partial charge in [0, 0.05) is 6.54 Å². The van der Waals surface area contributed by atoms with Crippen LogP contribution < -0.4 is 10.5 Å². The van der Waals surface area contributed by atoms with Crippen molar-refractivity contribution in [3.05, 3.63) is 52.7 Å². The molecule has 0 bridgehead atoms. The first kappa shape index (κ1) is 19.1. The van der Waals surface area contributed by atoms with Crippen LogP contribution in [0.5, 0.6) is 5.75 Å². The van der Waals surface area contributed by atoms with E-state index in [1.807, 2.05) is 6.92 Å². The molecule has 6 heteroatoms. The number of aryl methyl sites for hydroxylation is 1. The summed E-state index contributed by atoms with van der Waals surface area (Å²) in [6.45, 7) is 8.69. The lowest BCUT2D eigenvalue weighted by Gasteiger charge is -2.18. The molecule has 2 aromatic rings. The second-order valence-electron chi connectivity index (χ2n) is 6.02. The Balaban J connectivity index is 2.11. The molecule has 1 aromatic heterocycles. The fourth-order valence-electron chi connectivity index (χ4n) is 2.69. The van der Waals surface area contributed by atoms with E-state index in [-0.39, 0.29) is 12.4 Å². The van der Waals surface area contributed by atoms with Gasteiger partial charge in [0.05, 0.1) is 5.69 Å². The van der Waals surface area contributed by atoms with E-state index in [1.165, 1.54) is 6.07 Å². The third kappa shape index (κ3) is 5.39. The normalized spacial score (nSPS) is 11.1. The zero-order valence-corrected chi connectivity index (χ0v) is 15.0. The van der Waals surface area contributed by atoms with Crippen LogP contribution in [-0.2, 0) is 13.0 Å². The van der Waals surface area contributed by atoms with Gasteiger partial charge in [-0.1, -0.05) is 13.8 Å². The lowest BCUT2D eigenvalue weighted by atomic mass is 10.1. The Kier molecular flexibility index (Phi) is 6.70. The van der Waals surface area contributed by atoms with Gasteiger partial charge in [0.15, 0.2) is 11.6 Å². The maximum atomic E-state index is 14.0. The van der Waals surface area contributed by atoms with Crippen molar-refractivity contribution < 1.29 is 13.5 Å². The number of ether oxygens (including phenoxy) is 1. The molecule has 0 aliphatic rings. The molecule has 0 unspecified atom stereocenters. The van der Waals surface area contributed by atoms with Crippen molar-refractivity contribution >= 4 is 5.82 Å². The van der Waals surface area contributed by atoms with E-state index in [9.17, 15) is 8.78 Å². The first-order valence-corrected chi connectivity index (χ1v) is 8.49. The van der Waals surface area contributed by atoms with E-state index >= 15 is 0 Å². The zero-order valence-electron chi connectivity index (χ0n) is 15.0. The molecule has 0 atom stereocenters. The molecular weight excluding hydrogens is 324 g/mol. The number of pyridine rings is 1. The first-order valence-electron chi connectivity index (χ1n) is 8.49. The number of anilines is 1. The quantitative estimate of drug-likeness (QED) is 0.789. The molecule has 2 N–H and O–H groups in total. The van der Waals surface area contributed by atoms with Gasteiger partial charge in [-0.3, -0.25) is 0 Å². The number of aromatic nitrogens is 1. The molecule has 0 radical (unpaired) electrons. The SMILES string of the molecule is CCN(CC)CCc1cc(F)c(F)c(OCc2cc(C)cc(N)n2)c1. The van der Waals surface area contributed by atoms with Crippen molar-refractivity contribution in [2.75, 3.05) is 25.4 Å². The predicted octanol–water partition coefficient (Wildman–Crippen LogP) is 3.71. The molecule has 0 fully saturated rings. The Morgan fingerprint density at radius 1 is 1.12 bits per heavy atom. The van der Waals surface area contributed by atoms with E-state index in [4.69, 9.17) is 10.5 Å². The third-order valence-corrected chi connectivity index (χ3v) is 4.08. The standard InChI is InChI=1S/C19H25F2N3O/c1-4-24(5-2)7-6-14-10-16(20)19(21)17(11-14)25-12-15-8-13(3)9-18(22)23-15/h8-11H,4-7,12H2,1-3H3,(H2,22,23). The second-order valence-corrected chi connectivity index (χ2v) is 6.02. The van der Waals surface area contributed by atoms with E-state index in [0.717, 1.165) is 25.2 Å². The maximum absolute atomic E-state index is 14.0. The Bertz CT molecular complexity index is 698. The van der Waals surface area contributed by atoms with E-state index in [1.54, 1.807) is 18.2 Å². The minimum atomic E-state index is -0.979. The summed E-state index contributed by atoms with van der Waals surface area (Å²) in [5, 5.41) is 0. The highest BCUT2D eigenvalue weighted by Gasteiger charge is 2.13. The summed E-state index contributed by atoms with van der Waals surface area (Å²) in [6, 6.07) is 6.32. The second kappa shape index (κ2) is 8.76. The zero-order chi connectivity index (χ0) is 18.4. The summed E-state index contributed by atoms with van der Waals surface area (Å²) in [5.74, 6) is -1.61. The lowest BCUT2D eigenvalue weighted by Crippen LogP contribution is -2.25. The predicted molar refractivity (Wildman–Crippen MR) is 95.6 cm³/mol. The number of nitrogen functional groups attached to an aromatic ring is 1. The molecule has 4 nitrogen and oxygen atoms in total. The number of benzene rings is 1. The largest absolute Gasteiger partial charge is 0.484 e. The van der Waals surface area contributed by atoms with Gasteiger partial charge in [-0.05, 0) is 61.8 Å². The Hall–Kier alpha value is -2.21. The number of hydrogen-bond donors (Lipinski definition) is 1. The van der Waals surface area contributed by atoms with Crippen LogP contribution in [0.1, 0.15) is 30.7 Å². The van der Waals surface area contributed by atoms with Gasteiger partial charge >= 0.3 is 0 Å². The van der Waals surface area contributed by atoms with Crippen molar-refractivity contribution in [3.8, 4) is 5.75 Å². The summed E-state index contributed by atoms with van der Waals surface area (Å²) in [5.41, 5.74) is 7.91. The summed E-state index contributed by atoms with van der Waals surface area (Å²) in [6.07, 6.45) is 0.630. The molecular formula is C19H25F2N3O. The fraction of sp³-hybridized carbons (Fsp3) is 0.421. The van der Waals surface area contributed by atoms with Crippen LogP contribution in [0.25, 0.3) is 0 Å². The monoisotopic (exact) mass is 349 g/mol. The van der Waals surface area contributed by atoms with Gasteiger partial charge in [0.1, 0.15) is 12.4 Å². The highest BCUT2D eigenvalue weighted by Crippen LogP contribution is 2.24. The highest BCUT2D eigenvalue weighted by atomic mass is 19.2. The Morgan fingerprint density at radius 2 is 1.84 bits per heavy atom. The van der Waals surface area contributed by atoms with Crippen LogP contribution in [0.3, 0.4) is 0 Å². The van der Waals surface area contributed by atoms with Crippen molar-refractivity contribution in [2.24, 2.45) is 0 Å². The third-order valence-electron chi connectivity index (χ3n) is 4.08. The molecule has 25 heavy (non-hydrogen) atoms. The summed E-state index contributed by atoms with van der Waals surface area (Å²) in [4.78, 5) is 6.36. The lowest BCUT2D eigenvalue weighted by molar-refractivity contribution is 0.279. The first-order chi connectivity index (χ1) is 11.9. The van der Waals surface area contributed by atoms with Crippen molar-refractivity contribution in [1.82, 2.24) is 9.88 Å².